The smallest absolute Gasteiger partial charge is 0.113 e. The molecule has 0 bridgehead atoms. The zero-order chi connectivity index (χ0) is 13.1. The molecule has 0 saturated carbocycles. The van der Waals surface area contributed by atoms with Gasteiger partial charge in [0.2, 0.25) is 0 Å². The van der Waals surface area contributed by atoms with Crippen LogP contribution in [0.3, 0.4) is 0 Å². The first-order valence-corrected chi connectivity index (χ1v) is 6.18. The van der Waals surface area contributed by atoms with Crippen LogP contribution in [0.15, 0.2) is 66.9 Å². The molecule has 0 saturated heterocycles. The molecule has 0 atom stereocenters. The fourth-order valence-electron chi connectivity index (χ4n) is 1.98. The molecule has 3 aromatic rings. The van der Waals surface area contributed by atoms with E-state index in [0.29, 0.717) is 0 Å². The predicted molar refractivity (Wildman–Crippen MR) is 81.3 cm³/mol. The molecule has 2 aromatic carbocycles. The van der Waals surface area contributed by atoms with Crippen LogP contribution in [-0.2, 0) is 0 Å². The molecule has 19 heavy (non-hydrogen) atoms. The molecule has 2 radical (unpaired) electrons. The van der Waals surface area contributed by atoms with Crippen LogP contribution >= 0.6 is 0 Å². The van der Waals surface area contributed by atoms with Crippen molar-refractivity contribution in [3.8, 4) is 11.3 Å². The third-order valence-corrected chi connectivity index (χ3v) is 2.97. The molecule has 1 heterocycles. The molecular formula is C16H13BN2. The predicted octanol–water partition coefficient (Wildman–Crippen LogP) is 3.22. The summed E-state index contributed by atoms with van der Waals surface area (Å²) in [6, 6.07) is 20.0. The Balaban J connectivity index is 1.80. The zero-order valence-corrected chi connectivity index (χ0v) is 10.4. The number of aromatic amines is 1. The van der Waals surface area contributed by atoms with Crippen LogP contribution in [0, 0.1) is 0 Å². The van der Waals surface area contributed by atoms with Crippen LogP contribution in [0.25, 0.3) is 11.3 Å². The second kappa shape index (κ2) is 5.06. The first kappa shape index (κ1) is 11.7. The van der Waals surface area contributed by atoms with Crippen molar-refractivity contribution in [3.05, 3.63) is 66.9 Å². The Morgan fingerprint density at radius 3 is 2.32 bits per heavy atom. The van der Waals surface area contributed by atoms with E-state index in [4.69, 9.17) is 7.85 Å². The second-order valence-corrected chi connectivity index (χ2v) is 4.42. The summed E-state index contributed by atoms with van der Waals surface area (Å²) in [7, 11) is 5.67. The summed E-state index contributed by atoms with van der Waals surface area (Å²) in [5.74, 6) is 0. The van der Waals surface area contributed by atoms with Crippen molar-refractivity contribution in [2.45, 2.75) is 0 Å². The van der Waals surface area contributed by atoms with Crippen LogP contribution < -0.4 is 10.8 Å². The lowest BCUT2D eigenvalue weighted by Gasteiger charge is -2.03. The number of aromatic nitrogens is 1. The highest BCUT2D eigenvalue weighted by molar-refractivity contribution is 6.32. The van der Waals surface area contributed by atoms with Gasteiger partial charge in [-0.05, 0) is 23.8 Å². The minimum Gasteiger partial charge on any atom is -0.359 e. The van der Waals surface area contributed by atoms with Crippen molar-refractivity contribution < 1.29 is 0 Å². The van der Waals surface area contributed by atoms with Crippen molar-refractivity contribution in [1.29, 1.82) is 0 Å². The largest absolute Gasteiger partial charge is 0.359 e. The van der Waals surface area contributed by atoms with Gasteiger partial charge in [0.05, 0.1) is 5.69 Å². The first-order chi connectivity index (χ1) is 9.31. The number of anilines is 2. The summed E-state index contributed by atoms with van der Waals surface area (Å²) in [6.45, 7) is 0. The number of hydrogen-bond donors (Lipinski definition) is 2. The Bertz CT molecular complexity index is 657. The molecule has 3 rings (SSSR count). The summed E-state index contributed by atoms with van der Waals surface area (Å²) in [5, 5.41) is 3.33. The average molecular weight is 244 g/mol. The van der Waals surface area contributed by atoms with Gasteiger partial charge in [0.25, 0.3) is 0 Å². The van der Waals surface area contributed by atoms with E-state index in [9.17, 15) is 0 Å². The highest BCUT2D eigenvalue weighted by Crippen LogP contribution is 2.23. The molecule has 0 fully saturated rings. The molecule has 0 spiro atoms. The number of rotatable bonds is 3. The standard InChI is InChI=1S/C16H13BN2/c17-13-6-8-14(9-7-13)19-15-10-16(18-11-15)12-4-2-1-3-5-12/h1-11,18-19H. The van der Waals surface area contributed by atoms with E-state index in [2.05, 4.69) is 28.5 Å². The third-order valence-electron chi connectivity index (χ3n) is 2.97. The van der Waals surface area contributed by atoms with Gasteiger partial charge in [-0.25, -0.2) is 0 Å². The molecular weight excluding hydrogens is 231 g/mol. The Hall–Kier alpha value is -2.42. The number of hydrogen-bond acceptors (Lipinski definition) is 1. The SMILES string of the molecule is [B]c1ccc(Nc2c[nH]c(-c3ccccc3)c2)cc1. The zero-order valence-electron chi connectivity index (χ0n) is 10.4. The third kappa shape index (κ3) is 2.71. The minimum atomic E-state index is 0.768. The topological polar surface area (TPSA) is 27.8 Å². The fourth-order valence-corrected chi connectivity index (χ4v) is 1.98. The van der Waals surface area contributed by atoms with Gasteiger partial charge in [0, 0.05) is 17.6 Å². The van der Waals surface area contributed by atoms with Crippen molar-refractivity contribution >= 4 is 24.7 Å². The van der Waals surface area contributed by atoms with E-state index >= 15 is 0 Å². The van der Waals surface area contributed by atoms with Gasteiger partial charge < -0.3 is 10.3 Å². The Labute approximate surface area is 113 Å². The second-order valence-electron chi connectivity index (χ2n) is 4.42. The number of H-pyrrole nitrogens is 1. The Kier molecular flexibility index (Phi) is 3.11. The van der Waals surface area contributed by atoms with E-state index in [-0.39, 0.29) is 0 Å². The molecule has 0 amide bonds. The monoisotopic (exact) mass is 244 g/mol. The normalized spacial score (nSPS) is 10.3. The average Bonchev–Trinajstić information content (AvgIpc) is 2.91. The summed E-state index contributed by atoms with van der Waals surface area (Å²) < 4.78 is 0. The Morgan fingerprint density at radius 2 is 1.58 bits per heavy atom. The Morgan fingerprint density at radius 1 is 0.842 bits per heavy atom. The van der Waals surface area contributed by atoms with Crippen LogP contribution in [0.2, 0.25) is 0 Å². The lowest BCUT2D eigenvalue weighted by Crippen LogP contribution is -2.00. The van der Waals surface area contributed by atoms with E-state index in [1.165, 1.54) is 5.56 Å². The molecule has 0 aliphatic rings. The minimum absolute atomic E-state index is 0.768. The van der Waals surface area contributed by atoms with Gasteiger partial charge in [-0.15, -0.1) is 0 Å². The first-order valence-electron chi connectivity index (χ1n) is 6.18. The lowest BCUT2D eigenvalue weighted by molar-refractivity contribution is 1.40. The number of benzene rings is 2. The molecule has 1 aromatic heterocycles. The molecule has 0 unspecified atom stereocenters. The van der Waals surface area contributed by atoms with Gasteiger partial charge in [-0.2, -0.15) is 0 Å². The van der Waals surface area contributed by atoms with Gasteiger partial charge >= 0.3 is 0 Å². The van der Waals surface area contributed by atoms with Crippen LogP contribution in [-0.4, -0.2) is 12.8 Å². The van der Waals surface area contributed by atoms with Crippen molar-refractivity contribution in [2.75, 3.05) is 5.32 Å². The maximum Gasteiger partial charge on any atom is 0.113 e. The summed E-state index contributed by atoms with van der Waals surface area (Å²) in [5.41, 5.74) is 5.09. The quantitative estimate of drug-likeness (QED) is 0.680. The van der Waals surface area contributed by atoms with Gasteiger partial charge in [0.15, 0.2) is 0 Å². The van der Waals surface area contributed by atoms with E-state index in [1.807, 2.05) is 48.7 Å². The molecule has 90 valence electrons. The fraction of sp³-hybridized carbons (Fsp3) is 0. The van der Waals surface area contributed by atoms with Gasteiger partial charge in [-0.3, -0.25) is 0 Å². The van der Waals surface area contributed by atoms with E-state index in [0.717, 1.165) is 22.5 Å². The maximum atomic E-state index is 5.67. The van der Waals surface area contributed by atoms with Crippen LogP contribution in [0.4, 0.5) is 11.4 Å². The van der Waals surface area contributed by atoms with E-state index < -0.39 is 0 Å². The van der Waals surface area contributed by atoms with Crippen LogP contribution in [0.5, 0.6) is 0 Å². The highest BCUT2D eigenvalue weighted by Gasteiger charge is 2.01. The summed E-state index contributed by atoms with van der Waals surface area (Å²) >= 11 is 0. The number of nitrogens with one attached hydrogen (secondary N) is 2. The van der Waals surface area contributed by atoms with Crippen molar-refractivity contribution in [3.63, 3.8) is 0 Å². The molecule has 3 heteroatoms. The highest BCUT2D eigenvalue weighted by atomic mass is 14.9. The van der Waals surface area contributed by atoms with Crippen molar-refractivity contribution in [1.82, 2.24) is 4.98 Å². The van der Waals surface area contributed by atoms with Crippen LogP contribution in [0.1, 0.15) is 0 Å². The lowest BCUT2D eigenvalue weighted by atomic mass is 9.96. The van der Waals surface area contributed by atoms with Gasteiger partial charge in [-0.1, -0.05) is 47.9 Å². The summed E-state index contributed by atoms with van der Waals surface area (Å²) in [6.07, 6.45) is 1.96. The molecule has 0 aliphatic heterocycles. The molecule has 2 nitrogen and oxygen atoms in total. The molecule has 2 N–H and O–H groups in total. The summed E-state index contributed by atoms with van der Waals surface area (Å²) in [4.78, 5) is 3.27. The van der Waals surface area contributed by atoms with E-state index in [1.54, 1.807) is 0 Å². The van der Waals surface area contributed by atoms with Gasteiger partial charge in [0.1, 0.15) is 7.85 Å². The van der Waals surface area contributed by atoms with Crippen molar-refractivity contribution in [2.24, 2.45) is 0 Å². The maximum absolute atomic E-state index is 5.67. The molecule has 0 aliphatic carbocycles.